The van der Waals surface area contributed by atoms with Gasteiger partial charge in [0.1, 0.15) is 0 Å². The maximum Gasteiger partial charge on any atom is 0.401 e. The van der Waals surface area contributed by atoms with Crippen molar-refractivity contribution in [2.45, 2.75) is 18.6 Å². The minimum Gasteiger partial charge on any atom is -0.380 e. The fourth-order valence-corrected chi connectivity index (χ4v) is 0.956. The number of ether oxygens (including phenoxy) is 1. The highest BCUT2D eigenvalue weighted by atomic mass is 19.4. The van der Waals surface area contributed by atoms with Crippen LogP contribution in [0.25, 0.3) is 0 Å². The van der Waals surface area contributed by atoms with Gasteiger partial charge < -0.3 is 10.1 Å². The van der Waals surface area contributed by atoms with Gasteiger partial charge in [-0.25, -0.2) is 0 Å². The Bertz CT molecular complexity index is 119. The lowest BCUT2D eigenvalue weighted by Gasteiger charge is -2.11. The topological polar surface area (TPSA) is 21.3 Å². The summed E-state index contributed by atoms with van der Waals surface area (Å²) >= 11 is 0. The van der Waals surface area contributed by atoms with Crippen LogP contribution in [-0.2, 0) is 4.74 Å². The first kappa shape index (κ1) is 8.80. The van der Waals surface area contributed by atoms with Crippen LogP contribution in [0.2, 0.25) is 0 Å². The summed E-state index contributed by atoms with van der Waals surface area (Å²) in [6.45, 7) is 0.0482. The molecule has 1 heterocycles. The molecule has 1 fully saturated rings. The molecule has 0 aromatic heterocycles. The number of halogens is 3. The number of alkyl halides is 3. The van der Waals surface area contributed by atoms with E-state index in [9.17, 15) is 13.2 Å². The molecule has 1 rings (SSSR count). The zero-order valence-corrected chi connectivity index (χ0v) is 5.95. The van der Waals surface area contributed by atoms with Gasteiger partial charge in [-0.05, 0) is 6.42 Å². The van der Waals surface area contributed by atoms with E-state index in [1.54, 1.807) is 0 Å². The molecule has 0 bridgehead atoms. The number of hydrogen-bond acceptors (Lipinski definition) is 2. The molecule has 0 saturated carbocycles. The van der Waals surface area contributed by atoms with Gasteiger partial charge in [0.25, 0.3) is 0 Å². The highest BCUT2D eigenvalue weighted by molar-refractivity contribution is 4.72. The molecular formula is C6H10F3NO. The molecule has 2 nitrogen and oxygen atoms in total. The molecule has 0 spiro atoms. The van der Waals surface area contributed by atoms with Crippen LogP contribution in [0.5, 0.6) is 0 Å². The third-order valence-electron chi connectivity index (χ3n) is 1.52. The van der Waals surface area contributed by atoms with Crippen LogP contribution in [0.15, 0.2) is 0 Å². The van der Waals surface area contributed by atoms with Crippen molar-refractivity contribution >= 4 is 0 Å². The van der Waals surface area contributed by atoms with E-state index in [1.165, 1.54) is 0 Å². The normalized spacial score (nSPS) is 25.9. The molecule has 1 aliphatic rings. The van der Waals surface area contributed by atoms with Crippen molar-refractivity contribution in [3.05, 3.63) is 0 Å². The quantitative estimate of drug-likeness (QED) is 0.663. The Balaban J connectivity index is 2.11. The Morgan fingerprint density at radius 3 is 2.64 bits per heavy atom. The summed E-state index contributed by atoms with van der Waals surface area (Å²) in [4.78, 5) is 0. The van der Waals surface area contributed by atoms with Crippen LogP contribution in [0, 0.1) is 0 Å². The smallest absolute Gasteiger partial charge is 0.380 e. The lowest BCUT2D eigenvalue weighted by Crippen LogP contribution is -2.37. The first-order valence-corrected chi connectivity index (χ1v) is 3.46. The molecule has 0 aliphatic carbocycles. The average Bonchev–Trinajstić information content (AvgIpc) is 2.32. The first-order valence-electron chi connectivity index (χ1n) is 3.46. The van der Waals surface area contributed by atoms with E-state index in [1.807, 2.05) is 0 Å². The molecular weight excluding hydrogens is 159 g/mol. The third kappa shape index (κ3) is 3.57. The number of hydrogen-bond donors (Lipinski definition) is 1. The molecule has 66 valence electrons. The van der Waals surface area contributed by atoms with E-state index in [-0.39, 0.29) is 6.04 Å². The maximum absolute atomic E-state index is 11.6. The minimum atomic E-state index is -4.11. The molecule has 0 aromatic carbocycles. The van der Waals surface area contributed by atoms with Crippen molar-refractivity contribution in [2.75, 3.05) is 19.8 Å². The zero-order valence-electron chi connectivity index (χ0n) is 5.95. The van der Waals surface area contributed by atoms with E-state index in [2.05, 4.69) is 5.32 Å². The number of rotatable bonds is 2. The first-order chi connectivity index (χ1) is 5.08. The molecule has 1 N–H and O–H groups in total. The fraction of sp³-hybridized carbons (Fsp3) is 1.00. The fourth-order valence-electron chi connectivity index (χ4n) is 0.956. The molecule has 11 heavy (non-hydrogen) atoms. The van der Waals surface area contributed by atoms with Gasteiger partial charge >= 0.3 is 6.18 Å². The minimum absolute atomic E-state index is 0.114. The summed E-state index contributed by atoms with van der Waals surface area (Å²) in [5.74, 6) is 0. The van der Waals surface area contributed by atoms with Gasteiger partial charge in [-0.1, -0.05) is 0 Å². The third-order valence-corrected chi connectivity index (χ3v) is 1.52. The van der Waals surface area contributed by atoms with Gasteiger partial charge in [0.2, 0.25) is 0 Å². The second kappa shape index (κ2) is 3.40. The standard InChI is InChI=1S/C6H10F3NO/c7-6(8,9)4-10-5-1-2-11-3-5/h5,10H,1-4H2/t5-/m1/s1. The van der Waals surface area contributed by atoms with Crippen LogP contribution in [0.3, 0.4) is 0 Å². The van der Waals surface area contributed by atoms with Crippen molar-refractivity contribution in [1.29, 1.82) is 0 Å². The maximum atomic E-state index is 11.6. The summed E-state index contributed by atoms with van der Waals surface area (Å²) in [5, 5.41) is 2.37. The van der Waals surface area contributed by atoms with Gasteiger partial charge in [0.05, 0.1) is 13.2 Å². The molecule has 5 heteroatoms. The predicted octanol–water partition coefficient (Wildman–Crippen LogP) is 0.927. The van der Waals surface area contributed by atoms with Crippen molar-refractivity contribution in [2.24, 2.45) is 0 Å². The molecule has 0 amide bonds. The summed E-state index contributed by atoms with van der Waals surface area (Å²) in [5.41, 5.74) is 0. The van der Waals surface area contributed by atoms with Gasteiger partial charge in [-0.3, -0.25) is 0 Å². The highest BCUT2D eigenvalue weighted by Gasteiger charge is 2.28. The van der Waals surface area contributed by atoms with Gasteiger partial charge in [0, 0.05) is 12.6 Å². The molecule has 0 aromatic rings. The Morgan fingerprint density at radius 2 is 2.18 bits per heavy atom. The van der Waals surface area contributed by atoms with Crippen molar-refractivity contribution < 1.29 is 17.9 Å². The van der Waals surface area contributed by atoms with E-state index in [0.717, 1.165) is 0 Å². The molecule has 1 aliphatic heterocycles. The van der Waals surface area contributed by atoms with Gasteiger partial charge in [-0.15, -0.1) is 0 Å². The highest BCUT2D eigenvalue weighted by Crippen LogP contribution is 2.13. The predicted molar refractivity (Wildman–Crippen MR) is 33.3 cm³/mol. The largest absolute Gasteiger partial charge is 0.401 e. The monoisotopic (exact) mass is 169 g/mol. The lowest BCUT2D eigenvalue weighted by molar-refractivity contribution is -0.126. The average molecular weight is 169 g/mol. The molecule has 0 radical (unpaired) electrons. The molecule has 1 saturated heterocycles. The lowest BCUT2D eigenvalue weighted by atomic mass is 10.2. The Kier molecular flexibility index (Phi) is 2.72. The summed E-state index contributed by atoms with van der Waals surface area (Å²) in [6.07, 6.45) is -3.43. The van der Waals surface area contributed by atoms with E-state index >= 15 is 0 Å². The molecule has 1 atom stereocenters. The van der Waals surface area contributed by atoms with Gasteiger partial charge in [-0.2, -0.15) is 13.2 Å². The van der Waals surface area contributed by atoms with Crippen LogP contribution in [0.4, 0.5) is 13.2 Å². The summed E-state index contributed by atoms with van der Waals surface area (Å²) in [6, 6.07) is -0.114. The van der Waals surface area contributed by atoms with E-state index in [4.69, 9.17) is 4.74 Å². The van der Waals surface area contributed by atoms with Crippen LogP contribution in [-0.4, -0.2) is 32.0 Å². The van der Waals surface area contributed by atoms with Crippen LogP contribution in [0.1, 0.15) is 6.42 Å². The second-order valence-corrected chi connectivity index (χ2v) is 2.56. The summed E-state index contributed by atoms with van der Waals surface area (Å²) in [7, 11) is 0. The second-order valence-electron chi connectivity index (χ2n) is 2.56. The summed E-state index contributed by atoms with van der Waals surface area (Å²) < 4.78 is 39.7. The van der Waals surface area contributed by atoms with Crippen LogP contribution < -0.4 is 5.32 Å². The van der Waals surface area contributed by atoms with Crippen LogP contribution >= 0.6 is 0 Å². The van der Waals surface area contributed by atoms with Crippen molar-refractivity contribution in [3.8, 4) is 0 Å². The Hall–Kier alpha value is -0.290. The Morgan fingerprint density at radius 1 is 1.45 bits per heavy atom. The zero-order chi connectivity index (χ0) is 8.32. The van der Waals surface area contributed by atoms with Gasteiger partial charge in [0.15, 0.2) is 0 Å². The Labute approximate surface area is 62.7 Å². The number of nitrogens with one attached hydrogen (secondary N) is 1. The SMILES string of the molecule is FC(F)(F)CN[C@@H]1CCOC1. The van der Waals surface area contributed by atoms with Crippen molar-refractivity contribution in [1.82, 2.24) is 5.32 Å². The van der Waals surface area contributed by atoms with E-state index in [0.29, 0.717) is 19.6 Å². The van der Waals surface area contributed by atoms with E-state index < -0.39 is 12.7 Å². The van der Waals surface area contributed by atoms with Crippen molar-refractivity contribution in [3.63, 3.8) is 0 Å². The molecule has 0 unspecified atom stereocenters.